The predicted molar refractivity (Wildman–Crippen MR) is 88.3 cm³/mol. The van der Waals surface area contributed by atoms with E-state index < -0.39 is 0 Å². The number of benzene rings is 1. The molecule has 1 saturated heterocycles. The van der Waals surface area contributed by atoms with Gasteiger partial charge in [-0.2, -0.15) is 0 Å². The second-order valence-electron chi connectivity index (χ2n) is 5.42. The summed E-state index contributed by atoms with van der Waals surface area (Å²) in [5, 5.41) is 0. The van der Waals surface area contributed by atoms with Crippen molar-refractivity contribution in [3.63, 3.8) is 0 Å². The Labute approximate surface area is 135 Å². The van der Waals surface area contributed by atoms with E-state index >= 15 is 0 Å². The van der Waals surface area contributed by atoms with Crippen LogP contribution in [0.5, 0.6) is 5.75 Å². The van der Waals surface area contributed by atoms with Gasteiger partial charge in [0.1, 0.15) is 5.75 Å². The van der Waals surface area contributed by atoms with Gasteiger partial charge in [-0.25, -0.2) is 0 Å². The van der Waals surface area contributed by atoms with Crippen molar-refractivity contribution in [3.05, 3.63) is 66.0 Å². The molecule has 23 heavy (non-hydrogen) atoms. The number of ether oxygens (including phenoxy) is 2. The molecule has 1 unspecified atom stereocenters. The van der Waals surface area contributed by atoms with Crippen molar-refractivity contribution in [2.24, 2.45) is 0 Å². The SMILES string of the molecule is O=C(/C=C/c1ccc(OC2CCCCO2)cc1)c1ccncc1. The fourth-order valence-electron chi connectivity index (χ4n) is 2.40. The van der Waals surface area contributed by atoms with Gasteiger partial charge >= 0.3 is 0 Å². The molecule has 2 heterocycles. The van der Waals surface area contributed by atoms with Crippen molar-refractivity contribution < 1.29 is 14.3 Å². The van der Waals surface area contributed by atoms with E-state index in [0.29, 0.717) is 5.56 Å². The highest BCUT2D eigenvalue weighted by atomic mass is 16.7. The molecule has 0 radical (unpaired) electrons. The quantitative estimate of drug-likeness (QED) is 0.621. The molecule has 0 aliphatic carbocycles. The van der Waals surface area contributed by atoms with Crippen LogP contribution in [0.2, 0.25) is 0 Å². The third kappa shape index (κ3) is 4.50. The molecule has 118 valence electrons. The zero-order chi connectivity index (χ0) is 15.9. The van der Waals surface area contributed by atoms with E-state index in [2.05, 4.69) is 4.98 Å². The molecule has 0 bridgehead atoms. The van der Waals surface area contributed by atoms with Gasteiger partial charge in [0.25, 0.3) is 0 Å². The maximum Gasteiger partial charge on any atom is 0.199 e. The van der Waals surface area contributed by atoms with E-state index in [1.807, 2.05) is 24.3 Å². The molecule has 1 aromatic heterocycles. The number of hydrogen-bond donors (Lipinski definition) is 0. The molecule has 1 aliphatic rings. The molecule has 1 aromatic carbocycles. The first-order valence-electron chi connectivity index (χ1n) is 7.82. The number of nitrogens with zero attached hydrogens (tertiary/aromatic N) is 1. The molecule has 0 saturated carbocycles. The molecule has 1 fully saturated rings. The number of pyridine rings is 1. The number of carbonyl (C=O) groups excluding carboxylic acids is 1. The number of hydrogen-bond acceptors (Lipinski definition) is 4. The van der Waals surface area contributed by atoms with E-state index in [9.17, 15) is 4.79 Å². The van der Waals surface area contributed by atoms with Crippen molar-refractivity contribution in [3.8, 4) is 5.75 Å². The largest absolute Gasteiger partial charge is 0.465 e. The molecule has 4 heteroatoms. The maximum absolute atomic E-state index is 12.0. The Kier molecular flexibility index (Phi) is 5.17. The van der Waals surface area contributed by atoms with Gasteiger partial charge in [0.2, 0.25) is 0 Å². The topological polar surface area (TPSA) is 48.4 Å². The molecule has 3 rings (SSSR count). The van der Waals surface area contributed by atoms with Crippen LogP contribution in [0.1, 0.15) is 35.2 Å². The minimum Gasteiger partial charge on any atom is -0.465 e. The molecule has 2 aromatic rings. The van der Waals surface area contributed by atoms with E-state index in [-0.39, 0.29) is 12.1 Å². The van der Waals surface area contributed by atoms with Crippen molar-refractivity contribution >= 4 is 11.9 Å². The van der Waals surface area contributed by atoms with E-state index in [1.165, 1.54) is 0 Å². The Bertz CT molecular complexity index is 659. The summed E-state index contributed by atoms with van der Waals surface area (Å²) in [6.07, 6.45) is 9.62. The lowest BCUT2D eigenvalue weighted by atomic mass is 10.1. The fraction of sp³-hybridized carbons (Fsp3) is 0.263. The van der Waals surface area contributed by atoms with Gasteiger partial charge in [0, 0.05) is 24.4 Å². The van der Waals surface area contributed by atoms with Crippen LogP contribution in [0.3, 0.4) is 0 Å². The Morgan fingerprint density at radius 2 is 1.91 bits per heavy atom. The lowest BCUT2D eigenvalue weighted by Crippen LogP contribution is -2.24. The minimum absolute atomic E-state index is 0.0386. The monoisotopic (exact) mass is 309 g/mol. The molecule has 1 atom stereocenters. The summed E-state index contributed by atoms with van der Waals surface area (Å²) in [7, 11) is 0. The second-order valence-corrected chi connectivity index (χ2v) is 5.42. The number of aromatic nitrogens is 1. The van der Waals surface area contributed by atoms with Gasteiger partial charge in [-0.3, -0.25) is 9.78 Å². The van der Waals surface area contributed by atoms with Crippen molar-refractivity contribution in [1.82, 2.24) is 4.98 Å². The van der Waals surface area contributed by atoms with E-state index in [0.717, 1.165) is 37.2 Å². The standard InChI is InChI=1S/C19H19NO3/c21-18(16-10-12-20-13-11-16)9-6-15-4-7-17(8-5-15)23-19-3-1-2-14-22-19/h4-13,19H,1-3,14H2/b9-6+. The minimum atomic E-state index is -0.140. The van der Waals surface area contributed by atoms with Crippen LogP contribution >= 0.6 is 0 Å². The molecule has 0 N–H and O–H groups in total. The summed E-state index contributed by atoms with van der Waals surface area (Å²) < 4.78 is 11.3. The van der Waals surface area contributed by atoms with Gasteiger partial charge in [-0.15, -0.1) is 0 Å². The first-order chi connectivity index (χ1) is 11.3. The van der Waals surface area contributed by atoms with Crippen molar-refractivity contribution in [1.29, 1.82) is 0 Å². The van der Waals surface area contributed by atoms with Gasteiger partial charge < -0.3 is 9.47 Å². The summed E-state index contributed by atoms with van der Waals surface area (Å²) in [5.41, 5.74) is 1.58. The number of allylic oxidation sites excluding steroid dienone is 1. The average Bonchev–Trinajstić information content (AvgIpc) is 2.62. The molecule has 4 nitrogen and oxygen atoms in total. The highest BCUT2D eigenvalue weighted by Gasteiger charge is 2.14. The Morgan fingerprint density at radius 3 is 2.61 bits per heavy atom. The van der Waals surface area contributed by atoms with Crippen LogP contribution < -0.4 is 4.74 Å². The van der Waals surface area contributed by atoms with Crippen LogP contribution in [0.25, 0.3) is 6.08 Å². The zero-order valence-electron chi connectivity index (χ0n) is 12.9. The molecular weight excluding hydrogens is 290 g/mol. The number of carbonyl (C=O) groups is 1. The van der Waals surface area contributed by atoms with Crippen molar-refractivity contribution in [2.45, 2.75) is 25.6 Å². The van der Waals surface area contributed by atoms with Gasteiger partial charge in [0.05, 0.1) is 6.61 Å². The zero-order valence-corrected chi connectivity index (χ0v) is 12.9. The average molecular weight is 309 g/mol. The van der Waals surface area contributed by atoms with Crippen LogP contribution in [0.15, 0.2) is 54.9 Å². The van der Waals surface area contributed by atoms with E-state index in [4.69, 9.17) is 9.47 Å². The molecule has 0 amide bonds. The summed E-state index contributed by atoms with van der Waals surface area (Å²) in [6.45, 7) is 0.766. The normalized spacial score (nSPS) is 18.0. The maximum atomic E-state index is 12.0. The van der Waals surface area contributed by atoms with Crippen LogP contribution in [0, 0.1) is 0 Å². The molecule has 1 aliphatic heterocycles. The summed E-state index contributed by atoms with van der Waals surface area (Å²) in [4.78, 5) is 15.9. The smallest absolute Gasteiger partial charge is 0.199 e. The van der Waals surface area contributed by atoms with Gasteiger partial charge in [-0.05, 0) is 48.7 Å². The van der Waals surface area contributed by atoms with E-state index in [1.54, 1.807) is 36.7 Å². The summed E-state index contributed by atoms with van der Waals surface area (Å²) >= 11 is 0. The first kappa shape index (κ1) is 15.4. The number of rotatable bonds is 5. The lowest BCUT2D eigenvalue weighted by molar-refractivity contribution is -0.105. The highest BCUT2D eigenvalue weighted by molar-refractivity contribution is 6.06. The van der Waals surface area contributed by atoms with Gasteiger partial charge in [-0.1, -0.05) is 18.2 Å². The van der Waals surface area contributed by atoms with Crippen LogP contribution in [0.4, 0.5) is 0 Å². The molecular formula is C19H19NO3. The van der Waals surface area contributed by atoms with Crippen molar-refractivity contribution in [2.75, 3.05) is 6.61 Å². The Hall–Kier alpha value is -2.46. The van der Waals surface area contributed by atoms with Crippen LogP contribution in [-0.2, 0) is 4.74 Å². The fourth-order valence-corrected chi connectivity index (χ4v) is 2.40. The van der Waals surface area contributed by atoms with Gasteiger partial charge in [0.15, 0.2) is 12.1 Å². The predicted octanol–water partition coefficient (Wildman–Crippen LogP) is 3.88. The number of ketones is 1. The Balaban J connectivity index is 1.58. The summed E-state index contributed by atoms with van der Waals surface area (Å²) in [6, 6.07) is 11.0. The highest BCUT2D eigenvalue weighted by Crippen LogP contribution is 2.20. The second kappa shape index (κ2) is 7.70. The lowest BCUT2D eigenvalue weighted by Gasteiger charge is -2.23. The van der Waals surface area contributed by atoms with Crippen LogP contribution in [-0.4, -0.2) is 23.7 Å². The first-order valence-corrected chi connectivity index (χ1v) is 7.82. The molecule has 0 spiro atoms. The third-order valence-electron chi connectivity index (χ3n) is 3.68. The summed E-state index contributed by atoms with van der Waals surface area (Å²) in [5.74, 6) is 0.748. The Morgan fingerprint density at radius 1 is 1.13 bits per heavy atom. The third-order valence-corrected chi connectivity index (χ3v) is 3.68.